The number of rotatable bonds is 10. The largest absolute Gasteiger partial charge is 0.394 e. The van der Waals surface area contributed by atoms with Crippen molar-refractivity contribution in [2.75, 3.05) is 39.6 Å². The fourth-order valence-corrected chi connectivity index (χ4v) is 7.94. The van der Waals surface area contributed by atoms with E-state index >= 15 is 0 Å². The third-order valence-electron chi connectivity index (χ3n) is 4.94. The van der Waals surface area contributed by atoms with Gasteiger partial charge >= 0.3 is 0 Å². The molecule has 190 valence electrons. The van der Waals surface area contributed by atoms with Gasteiger partial charge in [-0.15, -0.1) is 0 Å². The van der Waals surface area contributed by atoms with Crippen molar-refractivity contribution in [3.05, 3.63) is 27.4 Å². The Hall–Kier alpha value is -0.420. The van der Waals surface area contributed by atoms with Crippen molar-refractivity contribution >= 4 is 85.5 Å². The molecule has 0 radical (unpaired) electrons. The number of aliphatic hydroxyl groups excluding tert-OH is 5. The smallest absolute Gasteiger partial charge is 0.253 e. The van der Waals surface area contributed by atoms with Gasteiger partial charge in [0.1, 0.15) is 12.7 Å². The average molecular weight is 819 g/mol. The van der Waals surface area contributed by atoms with E-state index in [2.05, 4.69) is 16.0 Å². The molecule has 12 nitrogen and oxygen atoms in total. The van der Waals surface area contributed by atoms with Gasteiger partial charge in [0, 0.05) is 16.3 Å². The monoisotopic (exact) mass is 819 g/mol. The van der Waals surface area contributed by atoms with Crippen LogP contribution in [0.25, 0.3) is 0 Å². The third kappa shape index (κ3) is 6.66. The number of benzene rings is 1. The van der Waals surface area contributed by atoms with Crippen LogP contribution in [0.1, 0.15) is 32.4 Å². The Balaban J connectivity index is 2.72. The van der Waals surface area contributed by atoms with Crippen LogP contribution < -0.4 is 16.0 Å². The Morgan fingerprint density at radius 1 is 0.882 bits per heavy atom. The van der Waals surface area contributed by atoms with Gasteiger partial charge in [-0.2, -0.15) is 0 Å². The van der Waals surface area contributed by atoms with Crippen LogP contribution in [0.4, 0.5) is 0 Å². The molecule has 8 N–H and O–H groups in total. The number of morpholine rings is 1. The molecule has 0 saturated carbocycles. The van der Waals surface area contributed by atoms with Crippen LogP contribution in [0.5, 0.6) is 0 Å². The summed E-state index contributed by atoms with van der Waals surface area (Å²) >= 11 is 5.65. The predicted octanol–water partition coefficient (Wildman–Crippen LogP) is -1.79. The number of nitrogens with one attached hydrogen (secondary N) is 3. The normalized spacial score (nSPS) is 18.2. The van der Waals surface area contributed by atoms with Crippen LogP contribution >= 0.6 is 67.8 Å². The van der Waals surface area contributed by atoms with E-state index in [1.807, 2.05) is 67.8 Å². The van der Waals surface area contributed by atoms with Gasteiger partial charge < -0.3 is 46.2 Å². The van der Waals surface area contributed by atoms with E-state index in [9.17, 15) is 39.9 Å². The standard InChI is InChI=1S/C19H24I3N3O9/c20-14-11(17-9(5-30)25-10(31)6-34-17)15(21)13(19(33)24-8(3-28)4-29)16(22)12(14)18(32)23-7(1-26)2-27/h7-9,17,26-30H,1-6H2,(H,23,32)(H,24,33)(H,25,31). The molecule has 2 unspecified atom stereocenters. The zero-order chi connectivity index (χ0) is 25.6. The molecule has 1 heterocycles. The SMILES string of the molecule is O=C1COC(c2c(I)c(C(=O)NC(CO)CO)c(I)c(C(=O)NC(CO)CO)c2I)C(CO)N1. The number of hydrogen-bond acceptors (Lipinski definition) is 9. The minimum Gasteiger partial charge on any atom is -0.394 e. The first-order valence-electron chi connectivity index (χ1n) is 9.92. The van der Waals surface area contributed by atoms with E-state index in [0.29, 0.717) is 12.7 Å². The van der Waals surface area contributed by atoms with E-state index in [-0.39, 0.29) is 21.3 Å². The van der Waals surface area contributed by atoms with Crippen molar-refractivity contribution in [3.8, 4) is 0 Å². The number of halogens is 3. The molecule has 0 spiro atoms. The van der Waals surface area contributed by atoms with Crippen LogP contribution in [0.15, 0.2) is 0 Å². The second kappa shape index (κ2) is 13.8. The Kier molecular flexibility index (Phi) is 12.1. The van der Waals surface area contributed by atoms with Crippen molar-refractivity contribution in [3.63, 3.8) is 0 Å². The lowest BCUT2D eigenvalue weighted by atomic mass is 9.95. The lowest BCUT2D eigenvalue weighted by Gasteiger charge is -2.34. The van der Waals surface area contributed by atoms with Crippen LogP contribution in [0.3, 0.4) is 0 Å². The van der Waals surface area contributed by atoms with Gasteiger partial charge in [0.05, 0.1) is 62.3 Å². The van der Waals surface area contributed by atoms with Gasteiger partial charge in [-0.1, -0.05) is 0 Å². The molecule has 1 fully saturated rings. The summed E-state index contributed by atoms with van der Waals surface area (Å²) in [6.45, 7) is -2.82. The van der Waals surface area contributed by atoms with E-state index in [4.69, 9.17) is 4.74 Å². The Bertz CT molecular complexity index is 873. The second-order valence-corrected chi connectivity index (χ2v) is 10.5. The number of hydrogen-bond donors (Lipinski definition) is 8. The molecule has 1 aromatic carbocycles. The molecular formula is C19H24I3N3O9. The number of aliphatic hydroxyl groups is 5. The summed E-state index contributed by atoms with van der Waals surface area (Å²) in [6.07, 6.45) is -0.894. The first-order chi connectivity index (χ1) is 16.1. The lowest BCUT2D eigenvalue weighted by Crippen LogP contribution is -2.50. The Morgan fingerprint density at radius 3 is 1.71 bits per heavy atom. The number of ether oxygens (including phenoxy) is 1. The molecule has 1 aliphatic heterocycles. The maximum atomic E-state index is 13.2. The summed E-state index contributed by atoms with van der Waals surface area (Å²) in [4.78, 5) is 38.1. The summed E-state index contributed by atoms with van der Waals surface area (Å²) in [5.41, 5.74) is 0.510. The minimum atomic E-state index is -0.942. The summed E-state index contributed by atoms with van der Waals surface area (Å²) in [7, 11) is 0. The Labute approximate surface area is 235 Å². The van der Waals surface area contributed by atoms with E-state index < -0.39 is 75.0 Å². The van der Waals surface area contributed by atoms with Gasteiger partial charge in [0.25, 0.3) is 11.8 Å². The van der Waals surface area contributed by atoms with Crippen molar-refractivity contribution in [2.24, 2.45) is 0 Å². The van der Waals surface area contributed by atoms with Crippen LogP contribution in [-0.2, 0) is 9.53 Å². The molecule has 1 aromatic rings. The zero-order valence-electron chi connectivity index (χ0n) is 17.6. The van der Waals surface area contributed by atoms with Crippen molar-refractivity contribution in [1.82, 2.24) is 16.0 Å². The molecule has 0 bridgehead atoms. The van der Waals surface area contributed by atoms with Crippen molar-refractivity contribution in [1.29, 1.82) is 0 Å². The highest BCUT2D eigenvalue weighted by Gasteiger charge is 2.38. The van der Waals surface area contributed by atoms with Gasteiger partial charge in [-0.3, -0.25) is 14.4 Å². The summed E-state index contributed by atoms with van der Waals surface area (Å²) in [5, 5.41) is 54.9. The van der Waals surface area contributed by atoms with Gasteiger partial charge in [0.2, 0.25) is 5.91 Å². The molecule has 1 aliphatic rings. The molecule has 15 heteroatoms. The average Bonchev–Trinajstić information content (AvgIpc) is 2.81. The number of carbonyl (C=O) groups excluding carboxylic acids is 3. The van der Waals surface area contributed by atoms with Gasteiger partial charge in [0.15, 0.2) is 0 Å². The highest BCUT2D eigenvalue weighted by molar-refractivity contribution is 14.1. The summed E-state index contributed by atoms with van der Waals surface area (Å²) in [6, 6.07) is -2.73. The molecule has 2 atom stereocenters. The molecule has 34 heavy (non-hydrogen) atoms. The summed E-state index contributed by atoms with van der Waals surface area (Å²) in [5.74, 6) is -1.77. The van der Waals surface area contributed by atoms with Gasteiger partial charge in [-0.05, 0) is 67.8 Å². The fraction of sp³-hybridized carbons (Fsp3) is 0.526. The quantitative estimate of drug-likeness (QED) is 0.126. The van der Waals surface area contributed by atoms with E-state index in [1.54, 1.807) is 0 Å². The minimum absolute atomic E-state index is 0.0652. The fourth-order valence-electron chi connectivity index (χ4n) is 3.18. The molecule has 1 saturated heterocycles. The van der Waals surface area contributed by atoms with E-state index in [0.717, 1.165) is 0 Å². The summed E-state index contributed by atoms with van der Waals surface area (Å²) < 4.78 is 6.70. The topological polar surface area (TPSA) is 198 Å². The molecule has 0 aromatic heterocycles. The predicted molar refractivity (Wildman–Crippen MR) is 143 cm³/mol. The zero-order valence-corrected chi connectivity index (χ0v) is 24.0. The molecule has 0 aliphatic carbocycles. The van der Waals surface area contributed by atoms with Crippen molar-refractivity contribution in [2.45, 2.75) is 24.2 Å². The van der Waals surface area contributed by atoms with Gasteiger partial charge in [-0.25, -0.2) is 0 Å². The maximum absolute atomic E-state index is 13.2. The Morgan fingerprint density at radius 2 is 1.32 bits per heavy atom. The highest BCUT2D eigenvalue weighted by atomic mass is 127. The van der Waals surface area contributed by atoms with Crippen molar-refractivity contribution < 1.29 is 44.7 Å². The maximum Gasteiger partial charge on any atom is 0.253 e. The first kappa shape index (κ1) is 29.8. The number of carbonyl (C=O) groups is 3. The number of amides is 3. The molecular weight excluding hydrogens is 795 g/mol. The van der Waals surface area contributed by atoms with E-state index in [1.165, 1.54) is 0 Å². The lowest BCUT2D eigenvalue weighted by molar-refractivity contribution is -0.138. The highest BCUT2D eigenvalue weighted by Crippen LogP contribution is 2.38. The second-order valence-electron chi connectivity index (χ2n) is 7.26. The van der Waals surface area contributed by atoms with Crippen LogP contribution in [0, 0.1) is 10.7 Å². The molecule has 3 amide bonds. The molecule has 2 rings (SSSR count). The van der Waals surface area contributed by atoms with Crippen LogP contribution in [-0.4, -0.2) is 101 Å². The first-order valence-corrected chi connectivity index (χ1v) is 13.2. The third-order valence-corrected chi connectivity index (χ3v) is 8.26. The van der Waals surface area contributed by atoms with Crippen LogP contribution in [0.2, 0.25) is 0 Å².